The molecule has 0 saturated heterocycles. The second kappa shape index (κ2) is 6.13. The number of hydrogen-bond acceptors (Lipinski definition) is 3. The minimum Gasteiger partial charge on any atom is -0.347 e. The van der Waals surface area contributed by atoms with Crippen molar-refractivity contribution in [3.63, 3.8) is 0 Å². The zero-order valence-corrected chi connectivity index (χ0v) is 12.9. The van der Waals surface area contributed by atoms with Gasteiger partial charge in [0.1, 0.15) is 5.82 Å². The Morgan fingerprint density at radius 3 is 2.45 bits per heavy atom. The lowest BCUT2D eigenvalue weighted by Gasteiger charge is -2.15. The van der Waals surface area contributed by atoms with Crippen LogP contribution in [0.15, 0.2) is 35.5 Å². The standard InChI is InChI=1S/C12H13Cl2N3O2S/c1-2-11(12-15-3-4-16-12)17-20(18,19)10-6-8(13)5-9(14)7-10/h3-7,11,17H,2H2,1H3,(H,15,16). The minimum absolute atomic E-state index is 0.0278. The summed E-state index contributed by atoms with van der Waals surface area (Å²) >= 11 is 11.7. The van der Waals surface area contributed by atoms with Crippen LogP contribution in [0, 0.1) is 0 Å². The average molecular weight is 334 g/mol. The van der Waals surface area contributed by atoms with Gasteiger partial charge in [0, 0.05) is 22.4 Å². The SMILES string of the molecule is CCC(NS(=O)(=O)c1cc(Cl)cc(Cl)c1)c1ncc[nH]1. The smallest absolute Gasteiger partial charge is 0.241 e. The highest BCUT2D eigenvalue weighted by atomic mass is 35.5. The number of aromatic nitrogens is 2. The highest BCUT2D eigenvalue weighted by molar-refractivity contribution is 7.89. The molecule has 0 spiro atoms. The fourth-order valence-corrected chi connectivity index (χ4v) is 3.75. The van der Waals surface area contributed by atoms with E-state index < -0.39 is 16.1 Å². The van der Waals surface area contributed by atoms with Gasteiger partial charge in [-0.2, -0.15) is 0 Å². The van der Waals surface area contributed by atoms with Crippen LogP contribution >= 0.6 is 23.2 Å². The van der Waals surface area contributed by atoms with E-state index in [2.05, 4.69) is 14.7 Å². The number of H-pyrrole nitrogens is 1. The summed E-state index contributed by atoms with van der Waals surface area (Å²) in [6.07, 6.45) is 3.77. The van der Waals surface area contributed by atoms with Crippen LogP contribution in [0.25, 0.3) is 0 Å². The molecule has 1 unspecified atom stereocenters. The molecule has 1 aromatic heterocycles. The molecule has 1 aromatic carbocycles. The van der Waals surface area contributed by atoms with Gasteiger partial charge < -0.3 is 4.98 Å². The van der Waals surface area contributed by atoms with Gasteiger partial charge in [-0.25, -0.2) is 18.1 Å². The summed E-state index contributed by atoms with van der Waals surface area (Å²) < 4.78 is 27.2. The van der Waals surface area contributed by atoms with Gasteiger partial charge >= 0.3 is 0 Å². The molecule has 0 bridgehead atoms. The van der Waals surface area contributed by atoms with E-state index in [-0.39, 0.29) is 14.9 Å². The number of sulfonamides is 1. The quantitative estimate of drug-likeness (QED) is 0.882. The van der Waals surface area contributed by atoms with Gasteiger partial charge in [0.15, 0.2) is 0 Å². The fourth-order valence-electron chi connectivity index (χ4n) is 1.74. The number of aromatic amines is 1. The van der Waals surface area contributed by atoms with Crippen molar-refractivity contribution in [3.8, 4) is 0 Å². The molecular formula is C12H13Cl2N3O2S. The van der Waals surface area contributed by atoms with E-state index in [0.717, 1.165) is 0 Å². The number of benzene rings is 1. The average Bonchev–Trinajstić information content (AvgIpc) is 2.88. The normalized spacial score (nSPS) is 13.3. The predicted octanol–water partition coefficient (Wildman–Crippen LogP) is 3.15. The molecule has 0 radical (unpaired) electrons. The third-order valence-corrected chi connectivity index (χ3v) is 4.59. The van der Waals surface area contributed by atoms with Crippen molar-refractivity contribution in [2.75, 3.05) is 0 Å². The van der Waals surface area contributed by atoms with Crippen LogP contribution in [0.4, 0.5) is 0 Å². The number of imidazole rings is 1. The fraction of sp³-hybridized carbons (Fsp3) is 0.250. The predicted molar refractivity (Wildman–Crippen MR) is 78.4 cm³/mol. The van der Waals surface area contributed by atoms with Crippen LogP contribution in [0.1, 0.15) is 25.2 Å². The molecule has 108 valence electrons. The molecule has 5 nitrogen and oxygen atoms in total. The lowest BCUT2D eigenvalue weighted by atomic mass is 10.2. The van der Waals surface area contributed by atoms with Gasteiger partial charge in [0.05, 0.1) is 10.9 Å². The van der Waals surface area contributed by atoms with E-state index in [1.165, 1.54) is 18.2 Å². The molecular weight excluding hydrogens is 321 g/mol. The van der Waals surface area contributed by atoms with Crippen molar-refractivity contribution < 1.29 is 8.42 Å². The van der Waals surface area contributed by atoms with Gasteiger partial charge in [-0.05, 0) is 24.6 Å². The van der Waals surface area contributed by atoms with Gasteiger partial charge in [0.25, 0.3) is 0 Å². The Labute approximate surface area is 127 Å². The van der Waals surface area contributed by atoms with E-state index in [0.29, 0.717) is 12.2 Å². The van der Waals surface area contributed by atoms with Gasteiger partial charge in [-0.15, -0.1) is 0 Å². The van der Waals surface area contributed by atoms with Crippen LogP contribution in [-0.2, 0) is 10.0 Å². The lowest BCUT2D eigenvalue weighted by Crippen LogP contribution is -2.29. The molecule has 0 aliphatic carbocycles. The van der Waals surface area contributed by atoms with Crippen molar-refractivity contribution in [3.05, 3.63) is 46.5 Å². The van der Waals surface area contributed by atoms with Gasteiger partial charge in [-0.3, -0.25) is 0 Å². The Hall–Kier alpha value is -1.08. The van der Waals surface area contributed by atoms with Crippen molar-refractivity contribution in [2.45, 2.75) is 24.3 Å². The molecule has 0 fully saturated rings. The first kappa shape index (κ1) is 15.3. The Kier molecular flexibility index (Phi) is 4.70. The lowest BCUT2D eigenvalue weighted by molar-refractivity contribution is 0.539. The number of rotatable bonds is 5. The topological polar surface area (TPSA) is 74.8 Å². The first-order chi connectivity index (χ1) is 9.42. The maximum Gasteiger partial charge on any atom is 0.241 e. The van der Waals surface area contributed by atoms with Crippen LogP contribution in [0.2, 0.25) is 10.0 Å². The summed E-state index contributed by atoms with van der Waals surface area (Å²) in [5.74, 6) is 0.559. The Morgan fingerprint density at radius 2 is 1.95 bits per heavy atom. The minimum atomic E-state index is -3.72. The summed E-state index contributed by atoms with van der Waals surface area (Å²) in [7, 11) is -3.72. The van der Waals surface area contributed by atoms with Gasteiger partial charge in [0.2, 0.25) is 10.0 Å². The van der Waals surface area contributed by atoms with Crippen molar-refractivity contribution in [1.82, 2.24) is 14.7 Å². The third-order valence-electron chi connectivity index (χ3n) is 2.70. The summed E-state index contributed by atoms with van der Waals surface area (Å²) in [6, 6.07) is 3.74. The maximum absolute atomic E-state index is 12.3. The molecule has 0 saturated carbocycles. The molecule has 1 atom stereocenters. The number of halogens is 2. The van der Waals surface area contributed by atoms with E-state index >= 15 is 0 Å². The zero-order chi connectivity index (χ0) is 14.8. The Balaban J connectivity index is 2.30. The first-order valence-corrected chi connectivity index (χ1v) is 8.14. The Bertz CT molecular complexity index is 666. The molecule has 20 heavy (non-hydrogen) atoms. The van der Waals surface area contributed by atoms with E-state index in [9.17, 15) is 8.42 Å². The summed E-state index contributed by atoms with van der Waals surface area (Å²) in [5.41, 5.74) is 0. The van der Waals surface area contributed by atoms with E-state index in [1.807, 2.05) is 6.92 Å². The van der Waals surface area contributed by atoms with Crippen molar-refractivity contribution >= 4 is 33.2 Å². The Morgan fingerprint density at radius 1 is 1.30 bits per heavy atom. The van der Waals surface area contributed by atoms with Crippen LogP contribution in [0.5, 0.6) is 0 Å². The van der Waals surface area contributed by atoms with E-state index in [1.54, 1.807) is 12.4 Å². The molecule has 0 amide bonds. The number of nitrogens with zero attached hydrogens (tertiary/aromatic N) is 1. The largest absolute Gasteiger partial charge is 0.347 e. The molecule has 2 rings (SSSR count). The zero-order valence-electron chi connectivity index (χ0n) is 10.6. The summed E-state index contributed by atoms with van der Waals surface area (Å²) in [4.78, 5) is 6.99. The molecule has 1 heterocycles. The molecule has 8 heteroatoms. The molecule has 0 aliphatic rings. The van der Waals surface area contributed by atoms with Crippen molar-refractivity contribution in [2.24, 2.45) is 0 Å². The van der Waals surface area contributed by atoms with Crippen molar-refractivity contribution in [1.29, 1.82) is 0 Å². The van der Waals surface area contributed by atoms with Gasteiger partial charge in [-0.1, -0.05) is 30.1 Å². The van der Waals surface area contributed by atoms with Crippen LogP contribution in [-0.4, -0.2) is 18.4 Å². The molecule has 0 aliphatic heterocycles. The van der Waals surface area contributed by atoms with Crippen LogP contribution in [0.3, 0.4) is 0 Å². The highest BCUT2D eigenvalue weighted by Crippen LogP contribution is 2.24. The van der Waals surface area contributed by atoms with E-state index in [4.69, 9.17) is 23.2 Å². The maximum atomic E-state index is 12.3. The third kappa shape index (κ3) is 3.52. The monoisotopic (exact) mass is 333 g/mol. The number of nitrogens with one attached hydrogen (secondary N) is 2. The number of hydrogen-bond donors (Lipinski definition) is 2. The second-order valence-corrected chi connectivity index (χ2v) is 6.75. The summed E-state index contributed by atoms with van der Waals surface area (Å²) in [5, 5.41) is 0.535. The molecule has 2 N–H and O–H groups in total. The molecule has 2 aromatic rings. The van der Waals surface area contributed by atoms with Crippen LogP contribution < -0.4 is 4.72 Å². The first-order valence-electron chi connectivity index (χ1n) is 5.90. The second-order valence-electron chi connectivity index (χ2n) is 4.16. The summed E-state index contributed by atoms with van der Waals surface area (Å²) in [6.45, 7) is 1.86. The highest BCUT2D eigenvalue weighted by Gasteiger charge is 2.22.